The first kappa shape index (κ1) is 19.0. The monoisotopic (exact) mass is 333 g/mol. The van der Waals surface area contributed by atoms with Crippen molar-refractivity contribution in [1.29, 1.82) is 0 Å². The molecule has 1 aliphatic rings. The van der Waals surface area contributed by atoms with E-state index in [0.717, 1.165) is 50.2 Å². The molecule has 4 heteroatoms. The van der Waals surface area contributed by atoms with Crippen molar-refractivity contribution in [3.8, 4) is 5.75 Å². The molecule has 1 aromatic rings. The molecule has 1 fully saturated rings. The first-order valence-electron chi connectivity index (χ1n) is 8.87. The summed E-state index contributed by atoms with van der Waals surface area (Å²) in [6, 6.07) is 8.02. The van der Waals surface area contributed by atoms with Crippen LogP contribution in [0.1, 0.15) is 38.7 Å². The average molecular weight is 333 g/mol. The predicted molar refractivity (Wildman–Crippen MR) is 97.1 cm³/mol. The van der Waals surface area contributed by atoms with Crippen molar-refractivity contribution >= 4 is 0 Å². The van der Waals surface area contributed by atoms with Gasteiger partial charge in [0.25, 0.3) is 0 Å². The number of benzene rings is 1. The van der Waals surface area contributed by atoms with Gasteiger partial charge in [-0.2, -0.15) is 0 Å². The van der Waals surface area contributed by atoms with Crippen LogP contribution in [-0.2, 0) is 6.54 Å². The lowest BCUT2D eigenvalue weighted by Crippen LogP contribution is -2.44. The summed E-state index contributed by atoms with van der Waals surface area (Å²) in [6.45, 7) is 7.56. The van der Waals surface area contributed by atoms with E-state index in [1.54, 1.807) is 0 Å². The highest BCUT2D eigenvalue weighted by Crippen LogP contribution is 2.35. The standard InChI is InChI=1S/C20H31NO3/c1-17(2)8-10-20(16-23)9-5-11-21(15-20)14-18-6-3-4-7-19(18)24-13-12-22/h3-4,6-8,22-23H,5,9-16H2,1-2H3/t20-/m0/s1. The van der Waals surface area contributed by atoms with Crippen molar-refractivity contribution in [2.45, 2.75) is 39.7 Å². The number of hydrogen-bond donors (Lipinski definition) is 2. The molecule has 1 saturated heterocycles. The number of likely N-dealkylation sites (tertiary alicyclic amines) is 1. The molecule has 4 nitrogen and oxygen atoms in total. The van der Waals surface area contributed by atoms with Crippen molar-refractivity contribution in [1.82, 2.24) is 4.90 Å². The SMILES string of the molecule is CC(C)=CC[C@@]1(CO)CCCN(Cc2ccccc2OCCO)C1. The predicted octanol–water partition coefficient (Wildman–Crippen LogP) is 2.99. The lowest BCUT2D eigenvalue weighted by molar-refractivity contribution is 0.0303. The molecule has 1 atom stereocenters. The Kier molecular flexibility index (Phi) is 7.28. The average Bonchev–Trinajstić information content (AvgIpc) is 2.59. The van der Waals surface area contributed by atoms with E-state index >= 15 is 0 Å². The molecule has 24 heavy (non-hydrogen) atoms. The highest BCUT2D eigenvalue weighted by molar-refractivity contribution is 5.33. The van der Waals surface area contributed by atoms with Crippen LogP contribution in [0, 0.1) is 5.41 Å². The molecule has 1 aromatic carbocycles. The van der Waals surface area contributed by atoms with Crippen molar-refractivity contribution in [2.24, 2.45) is 5.41 Å². The second kappa shape index (κ2) is 9.21. The second-order valence-corrected chi connectivity index (χ2v) is 7.14. The van der Waals surface area contributed by atoms with E-state index in [0.29, 0.717) is 6.61 Å². The molecule has 134 valence electrons. The summed E-state index contributed by atoms with van der Waals surface area (Å²) in [5.41, 5.74) is 2.42. The van der Waals surface area contributed by atoms with Crippen molar-refractivity contribution in [3.05, 3.63) is 41.5 Å². The minimum atomic E-state index is -0.0313. The molecule has 0 radical (unpaired) electrons. The molecule has 0 unspecified atom stereocenters. The summed E-state index contributed by atoms with van der Waals surface area (Å²) in [6.07, 6.45) is 5.37. The van der Waals surface area contributed by atoms with Crippen molar-refractivity contribution < 1.29 is 14.9 Å². The number of ether oxygens (including phenoxy) is 1. The molecule has 0 aromatic heterocycles. The van der Waals surface area contributed by atoms with Crippen LogP contribution >= 0.6 is 0 Å². The summed E-state index contributed by atoms with van der Waals surface area (Å²) in [5, 5.41) is 19.0. The van der Waals surface area contributed by atoms with Crippen LogP contribution in [0.5, 0.6) is 5.75 Å². The maximum Gasteiger partial charge on any atom is 0.123 e. The van der Waals surface area contributed by atoms with Crippen LogP contribution in [0.2, 0.25) is 0 Å². The largest absolute Gasteiger partial charge is 0.491 e. The minimum Gasteiger partial charge on any atom is -0.491 e. The molecule has 0 spiro atoms. The second-order valence-electron chi connectivity index (χ2n) is 7.14. The third-order valence-electron chi connectivity index (χ3n) is 4.73. The number of para-hydroxylation sites is 1. The van der Waals surface area contributed by atoms with Gasteiger partial charge in [0.2, 0.25) is 0 Å². The molecule has 0 saturated carbocycles. The van der Waals surface area contributed by atoms with E-state index < -0.39 is 0 Å². The van der Waals surface area contributed by atoms with Crippen LogP contribution in [0.4, 0.5) is 0 Å². The normalized spacial score (nSPS) is 21.5. The Balaban J connectivity index is 2.06. The summed E-state index contributed by atoms with van der Waals surface area (Å²) in [4.78, 5) is 2.42. The van der Waals surface area contributed by atoms with Gasteiger partial charge in [-0.15, -0.1) is 0 Å². The molecular weight excluding hydrogens is 302 g/mol. The van der Waals surface area contributed by atoms with Gasteiger partial charge in [-0.25, -0.2) is 0 Å². The molecule has 1 heterocycles. The Labute approximate surface area is 145 Å². The van der Waals surface area contributed by atoms with Crippen LogP contribution in [0.3, 0.4) is 0 Å². The molecular formula is C20H31NO3. The van der Waals surface area contributed by atoms with Crippen LogP contribution in [0.15, 0.2) is 35.9 Å². The number of piperidine rings is 1. The molecule has 0 bridgehead atoms. The number of hydrogen-bond acceptors (Lipinski definition) is 4. The Morgan fingerprint density at radius 1 is 1.29 bits per heavy atom. The van der Waals surface area contributed by atoms with Gasteiger partial charge in [-0.3, -0.25) is 4.90 Å². The summed E-state index contributed by atoms with van der Waals surface area (Å²) < 4.78 is 5.65. The Morgan fingerprint density at radius 3 is 2.79 bits per heavy atom. The zero-order chi connectivity index (χ0) is 17.4. The fraction of sp³-hybridized carbons (Fsp3) is 0.600. The number of allylic oxidation sites excluding steroid dienone is 2. The highest BCUT2D eigenvalue weighted by Gasteiger charge is 2.34. The first-order chi connectivity index (χ1) is 11.6. The van der Waals surface area contributed by atoms with E-state index in [9.17, 15) is 5.11 Å². The highest BCUT2D eigenvalue weighted by atomic mass is 16.5. The van der Waals surface area contributed by atoms with Crippen LogP contribution in [0.25, 0.3) is 0 Å². The van der Waals surface area contributed by atoms with Crippen LogP contribution in [-0.4, -0.2) is 48.0 Å². The molecule has 2 rings (SSSR count). The third kappa shape index (κ3) is 5.33. The zero-order valence-corrected chi connectivity index (χ0v) is 15.0. The van der Waals surface area contributed by atoms with Gasteiger partial charge in [0.1, 0.15) is 12.4 Å². The maximum atomic E-state index is 10.0. The van der Waals surface area contributed by atoms with E-state index in [1.165, 1.54) is 5.57 Å². The fourth-order valence-electron chi connectivity index (χ4n) is 3.40. The van der Waals surface area contributed by atoms with Gasteiger partial charge in [-0.05, 0) is 45.7 Å². The summed E-state index contributed by atoms with van der Waals surface area (Å²) in [5.74, 6) is 0.844. The van der Waals surface area contributed by atoms with Gasteiger partial charge in [-0.1, -0.05) is 29.8 Å². The third-order valence-corrected chi connectivity index (χ3v) is 4.73. The Hall–Kier alpha value is -1.36. The fourth-order valence-corrected chi connectivity index (χ4v) is 3.40. The van der Waals surface area contributed by atoms with E-state index in [2.05, 4.69) is 30.9 Å². The minimum absolute atomic E-state index is 0.0222. The number of aliphatic hydroxyl groups is 2. The van der Waals surface area contributed by atoms with Gasteiger partial charge in [0.05, 0.1) is 13.2 Å². The summed E-state index contributed by atoms with van der Waals surface area (Å²) >= 11 is 0. The number of rotatable bonds is 8. The lowest BCUT2D eigenvalue weighted by atomic mass is 9.77. The Morgan fingerprint density at radius 2 is 2.08 bits per heavy atom. The van der Waals surface area contributed by atoms with Crippen LogP contribution < -0.4 is 4.74 Å². The zero-order valence-electron chi connectivity index (χ0n) is 15.0. The van der Waals surface area contributed by atoms with Gasteiger partial charge >= 0.3 is 0 Å². The number of aliphatic hydroxyl groups excluding tert-OH is 2. The summed E-state index contributed by atoms with van der Waals surface area (Å²) in [7, 11) is 0. The maximum absolute atomic E-state index is 10.0. The molecule has 0 aliphatic carbocycles. The first-order valence-corrected chi connectivity index (χ1v) is 8.87. The lowest BCUT2D eigenvalue weighted by Gasteiger charge is -2.41. The van der Waals surface area contributed by atoms with Crippen molar-refractivity contribution in [3.63, 3.8) is 0 Å². The van der Waals surface area contributed by atoms with Gasteiger partial charge in [0, 0.05) is 24.1 Å². The van der Waals surface area contributed by atoms with E-state index in [-0.39, 0.29) is 18.6 Å². The van der Waals surface area contributed by atoms with E-state index in [4.69, 9.17) is 9.84 Å². The Bertz CT molecular complexity index is 539. The van der Waals surface area contributed by atoms with Crippen molar-refractivity contribution in [2.75, 3.05) is 32.9 Å². The van der Waals surface area contributed by atoms with Gasteiger partial charge in [0.15, 0.2) is 0 Å². The molecule has 0 amide bonds. The quantitative estimate of drug-likeness (QED) is 0.718. The van der Waals surface area contributed by atoms with Gasteiger partial charge < -0.3 is 14.9 Å². The number of nitrogens with zero attached hydrogens (tertiary/aromatic N) is 1. The molecule has 1 aliphatic heterocycles. The van der Waals surface area contributed by atoms with E-state index in [1.807, 2.05) is 18.2 Å². The topological polar surface area (TPSA) is 52.9 Å². The smallest absolute Gasteiger partial charge is 0.123 e. The molecule has 2 N–H and O–H groups in total.